The lowest BCUT2D eigenvalue weighted by molar-refractivity contribution is 0.0240. The van der Waals surface area contributed by atoms with Crippen molar-refractivity contribution in [3.8, 4) is 37.0 Å². The Balaban J connectivity index is 0. The molecule has 204 valence electrons. The molecule has 37 heavy (non-hydrogen) atoms. The molecule has 0 aliphatic carbocycles. The maximum Gasteiger partial charge on any atom is 0.411 e. The quantitative estimate of drug-likeness (QED) is 0.588. The molecule has 0 bridgehead atoms. The Kier molecular flexibility index (Phi) is 16.3. The number of benzene rings is 1. The molecule has 0 fully saturated rings. The molecule has 0 saturated carbocycles. The van der Waals surface area contributed by atoms with E-state index in [1.165, 1.54) is 4.90 Å². The number of terminal acetylenes is 3. The third-order valence-electron chi connectivity index (χ3n) is 4.13. The summed E-state index contributed by atoms with van der Waals surface area (Å²) in [6, 6.07) is 5.79. The minimum atomic E-state index is -0.529. The Bertz CT molecular complexity index is 968. The van der Waals surface area contributed by atoms with E-state index in [1.54, 1.807) is 25.7 Å². The van der Waals surface area contributed by atoms with Gasteiger partial charge in [0.15, 0.2) is 0 Å². The van der Waals surface area contributed by atoms with Crippen molar-refractivity contribution in [2.24, 2.45) is 0 Å². The van der Waals surface area contributed by atoms with Crippen LogP contribution in [0.2, 0.25) is 0 Å². The molecule has 2 amide bonds. The molecular formula is C29H42N2O6. The van der Waals surface area contributed by atoms with Crippen molar-refractivity contribution in [1.29, 1.82) is 0 Å². The van der Waals surface area contributed by atoms with Crippen LogP contribution in [-0.4, -0.2) is 63.1 Å². The summed E-state index contributed by atoms with van der Waals surface area (Å²) < 4.78 is 10.4. The lowest BCUT2D eigenvalue weighted by atomic mass is 10.1. The van der Waals surface area contributed by atoms with Gasteiger partial charge in [0.05, 0.1) is 19.7 Å². The van der Waals surface area contributed by atoms with Crippen LogP contribution in [0.3, 0.4) is 0 Å². The molecule has 2 rings (SSSR count). The standard InChI is InChI=1S/C14H19NO3.C11H15NO2.C3H4O.CH4/c1-14(2,3)18-13(17)15-7-11-5-4-10(9-16)6-12(11)8-15;1-6-8-12(9-7-2)10(13)14-11(3,4)5;1-2-3-4;/h4-6,16H,7-9H2,1-3H3;1-2H,8-9H2,3-5H3;1,4H,3H2;1H4. The Morgan fingerprint density at radius 3 is 1.81 bits per heavy atom. The van der Waals surface area contributed by atoms with Gasteiger partial charge in [-0.2, -0.15) is 0 Å². The van der Waals surface area contributed by atoms with E-state index >= 15 is 0 Å². The van der Waals surface area contributed by atoms with Crippen LogP contribution in [0.25, 0.3) is 0 Å². The van der Waals surface area contributed by atoms with Crippen LogP contribution in [-0.2, 0) is 29.2 Å². The van der Waals surface area contributed by atoms with Gasteiger partial charge in [-0.05, 0) is 58.2 Å². The van der Waals surface area contributed by atoms with Gasteiger partial charge in [-0.15, -0.1) is 19.3 Å². The lowest BCUT2D eigenvalue weighted by Gasteiger charge is -2.24. The van der Waals surface area contributed by atoms with Gasteiger partial charge in [0.1, 0.15) is 17.8 Å². The maximum atomic E-state index is 11.9. The SMILES string of the molecule is C.C#CCN(CC#C)C(=O)OC(C)(C)C.C#CCO.CC(C)(C)OC(=O)N1Cc2ccc(CO)cc2C1. The van der Waals surface area contributed by atoms with Crippen molar-refractivity contribution in [3.05, 3.63) is 34.9 Å². The topological polar surface area (TPSA) is 99.5 Å². The molecule has 1 aliphatic rings. The average Bonchev–Trinajstić information content (AvgIpc) is 3.21. The molecule has 0 spiro atoms. The minimum Gasteiger partial charge on any atom is -0.444 e. The number of nitrogens with zero attached hydrogens (tertiary/aromatic N) is 2. The van der Waals surface area contributed by atoms with E-state index in [2.05, 4.69) is 18.3 Å². The summed E-state index contributed by atoms with van der Waals surface area (Å²) in [5, 5.41) is 16.7. The number of aliphatic hydroxyl groups excluding tert-OH is 2. The van der Waals surface area contributed by atoms with E-state index in [0.717, 1.165) is 16.7 Å². The zero-order valence-electron chi connectivity index (χ0n) is 22.1. The molecule has 1 aromatic rings. The molecule has 1 heterocycles. The highest BCUT2D eigenvalue weighted by Crippen LogP contribution is 2.25. The fourth-order valence-electron chi connectivity index (χ4n) is 2.73. The van der Waals surface area contributed by atoms with Crippen LogP contribution >= 0.6 is 0 Å². The molecule has 0 aromatic heterocycles. The summed E-state index contributed by atoms with van der Waals surface area (Å²) in [6.07, 6.45) is 13.9. The van der Waals surface area contributed by atoms with Crippen molar-refractivity contribution < 1.29 is 29.3 Å². The zero-order chi connectivity index (χ0) is 27.9. The Hall–Kier alpha value is -3.64. The van der Waals surface area contributed by atoms with Crippen LogP contribution in [0.4, 0.5) is 9.59 Å². The highest BCUT2D eigenvalue weighted by atomic mass is 16.6. The molecule has 0 saturated heterocycles. The first-order chi connectivity index (χ1) is 16.7. The van der Waals surface area contributed by atoms with E-state index in [-0.39, 0.29) is 39.8 Å². The summed E-state index contributed by atoms with van der Waals surface area (Å²) in [5.41, 5.74) is 2.09. The van der Waals surface area contributed by atoms with Crippen molar-refractivity contribution >= 4 is 12.2 Å². The smallest absolute Gasteiger partial charge is 0.411 e. The number of carbonyl (C=O) groups is 2. The second-order valence-electron chi connectivity index (χ2n) is 9.70. The molecular weight excluding hydrogens is 472 g/mol. The van der Waals surface area contributed by atoms with E-state index in [4.69, 9.17) is 32.5 Å². The van der Waals surface area contributed by atoms with Crippen LogP contribution in [0.1, 0.15) is 65.7 Å². The Labute approximate surface area is 222 Å². The summed E-state index contributed by atoms with van der Waals surface area (Å²) in [7, 11) is 0. The number of aliphatic hydroxyl groups is 2. The summed E-state index contributed by atoms with van der Waals surface area (Å²) in [5.74, 6) is 6.68. The predicted octanol–water partition coefficient (Wildman–Crippen LogP) is 4.17. The van der Waals surface area contributed by atoms with E-state index in [0.29, 0.717) is 13.1 Å². The van der Waals surface area contributed by atoms with E-state index < -0.39 is 17.3 Å². The fourth-order valence-corrected chi connectivity index (χ4v) is 2.73. The second-order valence-corrected chi connectivity index (χ2v) is 9.70. The monoisotopic (exact) mass is 514 g/mol. The highest BCUT2D eigenvalue weighted by Gasteiger charge is 2.27. The van der Waals surface area contributed by atoms with Gasteiger partial charge in [-0.3, -0.25) is 9.80 Å². The van der Waals surface area contributed by atoms with Gasteiger partial charge in [-0.1, -0.05) is 43.4 Å². The molecule has 8 heteroatoms. The van der Waals surface area contributed by atoms with Crippen LogP contribution in [0.5, 0.6) is 0 Å². The number of ether oxygens (including phenoxy) is 2. The number of hydrogen-bond donors (Lipinski definition) is 2. The second kappa shape index (κ2) is 16.9. The third-order valence-corrected chi connectivity index (χ3v) is 4.13. The number of amides is 2. The molecule has 0 atom stereocenters. The lowest BCUT2D eigenvalue weighted by Crippen LogP contribution is -2.37. The van der Waals surface area contributed by atoms with Crippen molar-refractivity contribution in [2.75, 3.05) is 19.7 Å². The maximum absolute atomic E-state index is 11.9. The summed E-state index contributed by atoms with van der Waals surface area (Å²) >= 11 is 0. The van der Waals surface area contributed by atoms with Gasteiger partial charge in [0, 0.05) is 13.1 Å². The Morgan fingerprint density at radius 1 is 0.919 bits per heavy atom. The van der Waals surface area contributed by atoms with E-state index in [9.17, 15) is 9.59 Å². The van der Waals surface area contributed by atoms with Gasteiger partial charge >= 0.3 is 12.2 Å². The van der Waals surface area contributed by atoms with Crippen LogP contribution < -0.4 is 0 Å². The van der Waals surface area contributed by atoms with Gasteiger partial charge < -0.3 is 19.7 Å². The number of rotatable bonds is 3. The van der Waals surface area contributed by atoms with Crippen LogP contribution in [0.15, 0.2) is 18.2 Å². The highest BCUT2D eigenvalue weighted by molar-refractivity contribution is 5.69. The minimum absolute atomic E-state index is 0. The molecule has 8 nitrogen and oxygen atoms in total. The molecule has 2 N–H and O–H groups in total. The predicted molar refractivity (Wildman–Crippen MR) is 146 cm³/mol. The average molecular weight is 515 g/mol. The van der Waals surface area contributed by atoms with Crippen molar-refractivity contribution in [1.82, 2.24) is 9.80 Å². The first-order valence-corrected chi connectivity index (χ1v) is 11.3. The van der Waals surface area contributed by atoms with E-state index in [1.807, 2.05) is 44.9 Å². The summed E-state index contributed by atoms with van der Waals surface area (Å²) in [4.78, 5) is 26.4. The first-order valence-electron chi connectivity index (χ1n) is 11.3. The van der Waals surface area contributed by atoms with Crippen molar-refractivity contribution in [3.63, 3.8) is 0 Å². The van der Waals surface area contributed by atoms with Gasteiger partial charge in [0.2, 0.25) is 0 Å². The van der Waals surface area contributed by atoms with Gasteiger partial charge in [0.25, 0.3) is 0 Å². The van der Waals surface area contributed by atoms with Crippen molar-refractivity contribution in [2.45, 2.75) is 79.9 Å². The number of carbonyl (C=O) groups excluding carboxylic acids is 2. The Morgan fingerprint density at radius 2 is 1.41 bits per heavy atom. The number of fused-ring (bicyclic) bond motifs is 1. The van der Waals surface area contributed by atoms with Crippen LogP contribution in [0, 0.1) is 37.0 Å². The largest absolute Gasteiger partial charge is 0.444 e. The normalized spacial score (nSPS) is 11.3. The molecule has 1 aromatic carbocycles. The zero-order valence-corrected chi connectivity index (χ0v) is 22.1. The molecule has 0 unspecified atom stereocenters. The molecule has 0 radical (unpaired) electrons. The summed E-state index contributed by atoms with van der Waals surface area (Å²) in [6.45, 7) is 12.3. The van der Waals surface area contributed by atoms with Gasteiger partial charge in [-0.25, -0.2) is 9.59 Å². The fraction of sp³-hybridized carbons (Fsp3) is 0.517. The molecule has 1 aliphatic heterocycles. The number of hydrogen-bond acceptors (Lipinski definition) is 6. The first kappa shape index (κ1) is 35.5. The third kappa shape index (κ3) is 15.2.